The first kappa shape index (κ1) is 32.3. The summed E-state index contributed by atoms with van der Waals surface area (Å²) in [6.45, 7) is 11.3. The predicted octanol–water partition coefficient (Wildman–Crippen LogP) is 12.2. The molecule has 0 amide bonds. The first-order valence-electron chi connectivity index (χ1n) is 17.8. The van der Waals surface area contributed by atoms with Gasteiger partial charge in [-0.1, -0.05) is 126 Å². The lowest BCUT2D eigenvalue weighted by atomic mass is 9.70. The minimum Gasteiger partial charge on any atom is -0.348 e. The van der Waals surface area contributed by atoms with Crippen molar-refractivity contribution in [2.24, 2.45) is 5.92 Å². The second kappa shape index (κ2) is 14.8. The molecule has 0 aliphatic heterocycles. The Bertz CT molecular complexity index is 1470. The second-order valence-corrected chi connectivity index (χ2v) is 14.1. The molecule has 0 radical (unpaired) electrons. The van der Waals surface area contributed by atoms with E-state index in [1.807, 2.05) is 0 Å². The van der Waals surface area contributed by atoms with Crippen molar-refractivity contribution < 1.29 is 0 Å². The van der Waals surface area contributed by atoms with Gasteiger partial charge >= 0.3 is 0 Å². The van der Waals surface area contributed by atoms with Gasteiger partial charge in [-0.3, -0.25) is 0 Å². The molecule has 0 N–H and O–H groups in total. The largest absolute Gasteiger partial charge is 0.348 e. The number of allylic oxidation sites excluding steroid dienone is 4. The molecule has 1 atom stereocenters. The van der Waals surface area contributed by atoms with Crippen molar-refractivity contribution in [3.63, 3.8) is 0 Å². The van der Waals surface area contributed by atoms with Crippen LogP contribution in [0.5, 0.6) is 0 Å². The maximum absolute atomic E-state index is 2.55. The molecule has 1 nitrogen and oxygen atoms in total. The summed E-state index contributed by atoms with van der Waals surface area (Å²) in [6, 6.07) is 23.9. The SMILES string of the molecule is CCCCCCC1(CCCCCCc2ccc3c(c2)CC3)c2ccccc2-c2ccc(N(C)/C(C)=C/C=C(\C)C(C)C)cc21. The smallest absolute Gasteiger partial charge is 0.0409 e. The molecule has 0 fully saturated rings. The van der Waals surface area contributed by atoms with Crippen LogP contribution < -0.4 is 4.90 Å². The molecule has 1 heteroatoms. The summed E-state index contributed by atoms with van der Waals surface area (Å²) in [6.07, 6.45) is 21.4. The van der Waals surface area contributed by atoms with E-state index in [0.29, 0.717) is 5.92 Å². The van der Waals surface area contributed by atoms with Crippen molar-refractivity contribution in [2.45, 2.75) is 124 Å². The lowest BCUT2D eigenvalue weighted by molar-refractivity contribution is 0.400. The summed E-state index contributed by atoms with van der Waals surface area (Å²) in [4.78, 5) is 2.38. The van der Waals surface area contributed by atoms with Crippen LogP contribution in [-0.4, -0.2) is 7.05 Å². The zero-order chi connectivity index (χ0) is 31.1. The minimum atomic E-state index is 0.115. The highest BCUT2D eigenvalue weighted by atomic mass is 15.1. The number of rotatable bonds is 16. The van der Waals surface area contributed by atoms with Crippen LogP contribution in [0.4, 0.5) is 5.69 Å². The van der Waals surface area contributed by atoms with Gasteiger partial charge in [-0.2, -0.15) is 0 Å². The van der Waals surface area contributed by atoms with E-state index in [0.717, 1.165) is 0 Å². The lowest BCUT2D eigenvalue weighted by Gasteiger charge is -2.34. The highest BCUT2D eigenvalue weighted by molar-refractivity contribution is 5.83. The first-order valence-corrected chi connectivity index (χ1v) is 17.8. The van der Waals surface area contributed by atoms with Crippen LogP contribution in [-0.2, 0) is 24.7 Å². The molecule has 0 saturated heterocycles. The number of nitrogens with zero attached hydrogens (tertiary/aromatic N) is 1. The summed E-state index contributed by atoms with van der Waals surface area (Å²) in [5.74, 6) is 0.575. The van der Waals surface area contributed by atoms with E-state index in [1.54, 1.807) is 27.8 Å². The van der Waals surface area contributed by atoms with E-state index in [1.165, 1.54) is 112 Å². The van der Waals surface area contributed by atoms with Crippen molar-refractivity contribution in [1.82, 2.24) is 0 Å². The molecule has 3 aromatic rings. The Kier molecular flexibility index (Phi) is 10.9. The molecule has 0 spiro atoms. The Morgan fingerprint density at radius 2 is 1.45 bits per heavy atom. The maximum Gasteiger partial charge on any atom is 0.0409 e. The van der Waals surface area contributed by atoms with Crippen molar-refractivity contribution in [3.05, 3.63) is 112 Å². The lowest BCUT2D eigenvalue weighted by Crippen LogP contribution is -2.26. The van der Waals surface area contributed by atoms with Gasteiger partial charge in [-0.25, -0.2) is 0 Å². The standard InChI is InChI=1S/C43H57N/c1-7-8-9-15-28-43(29-16-11-10-12-17-35-22-23-36-24-25-37(36)30-35)41-19-14-13-18-39(41)40-27-26-38(31-42(40)43)44(6)34(5)21-20-33(4)32(2)3/h13-14,18-23,26-27,30-32H,7-12,15-17,24-25,28-29H2,1-6H3/b33-20+,34-21+. The highest BCUT2D eigenvalue weighted by Crippen LogP contribution is 2.55. The summed E-state index contributed by atoms with van der Waals surface area (Å²) >= 11 is 0. The Labute approximate surface area is 269 Å². The van der Waals surface area contributed by atoms with Gasteiger partial charge in [0.1, 0.15) is 0 Å². The third-order valence-electron chi connectivity index (χ3n) is 10.9. The molecular weight excluding hydrogens is 530 g/mol. The first-order chi connectivity index (χ1) is 21.3. The van der Waals surface area contributed by atoms with Gasteiger partial charge in [-0.05, 0) is 115 Å². The summed E-state index contributed by atoms with van der Waals surface area (Å²) < 4.78 is 0. The molecule has 2 aliphatic carbocycles. The van der Waals surface area contributed by atoms with Crippen LogP contribution in [0.2, 0.25) is 0 Å². The molecule has 1 unspecified atom stereocenters. The number of benzene rings is 3. The van der Waals surface area contributed by atoms with Gasteiger partial charge in [0.15, 0.2) is 0 Å². The van der Waals surface area contributed by atoms with Gasteiger partial charge < -0.3 is 4.90 Å². The fraction of sp³-hybridized carbons (Fsp3) is 0.488. The summed E-state index contributed by atoms with van der Waals surface area (Å²) in [7, 11) is 2.23. The van der Waals surface area contributed by atoms with Gasteiger partial charge in [0.05, 0.1) is 0 Å². The van der Waals surface area contributed by atoms with E-state index in [9.17, 15) is 0 Å². The molecule has 3 aromatic carbocycles. The number of anilines is 1. The molecule has 234 valence electrons. The van der Waals surface area contributed by atoms with E-state index in [4.69, 9.17) is 0 Å². The molecule has 44 heavy (non-hydrogen) atoms. The summed E-state index contributed by atoms with van der Waals surface area (Å²) in [5.41, 5.74) is 14.9. The normalized spacial score (nSPS) is 17.3. The third kappa shape index (κ3) is 7.09. The van der Waals surface area contributed by atoms with Crippen molar-refractivity contribution in [1.29, 1.82) is 0 Å². The number of hydrogen-bond acceptors (Lipinski definition) is 1. The maximum atomic E-state index is 2.55. The van der Waals surface area contributed by atoms with Crippen LogP contribution in [0.3, 0.4) is 0 Å². The highest BCUT2D eigenvalue weighted by Gasteiger charge is 2.42. The van der Waals surface area contributed by atoms with Crippen LogP contribution in [0.25, 0.3) is 11.1 Å². The van der Waals surface area contributed by atoms with Crippen LogP contribution in [0, 0.1) is 5.92 Å². The van der Waals surface area contributed by atoms with Crippen LogP contribution in [0.1, 0.15) is 127 Å². The topological polar surface area (TPSA) is 3.24 Å². The van der Waals surface area contributed by atoms with Crippen molar-refractivity contribution >= 4 is 5.69 Å². The molecular formula is C43H57N. The van der Waals surface area contributed by atoms with Crippen LogP contribution in [0.15, 0.2) is 84.1 Å². The van der Waals surface area contributed by atoms with Crippen molar-refractivity contribution in [2.75, 3.05) is 11.9 Å². The summed E-state index contributed by atoms with van der Waals surface area (Å²) in [5, 5.41) is 0. The molecule has 0 heterocycles. The predicted molar refractivity (Wildman–Crippen MR) is 193 cm³/mol. The number of hydrogen-bond donors (Lipinski definition) is 0. The molecule has 5 rings (SSSR count). The zero-order valence-electron chi connectivity index (χ0n) is 28.6. The number of aryl methyl sites for hydroxylation is 3. The molecule has 0 aromatic heterocycles. The van der Waals surface area contributed by atoms with Gasteiger partial charge in [0, 0.05) is 23.8 Å². The third-order valence-corrected chi connectivity index (χ3v) is 10.9. The van der Waals surface area contributed by atoms with Gasteiger partial charge in [0.25, 0.3) is 0 Å². The monoisotopic (exact) mass is 587 g/mol. The Morgan fingerprint density at radius 3 is 2.16 bits per heavy atom. The Balaban J connectivity index is 1.36. The zero-order valence-corrected chi connectivity index (χ0v) is 28.6. The molecule has 0 bridgehead atoms. The Hall–Kier alpha value is -3.06. The molecule has 2 aliphatic rings. The Morgan fingerprint density at radius 1 is 0.750 bits per heavy atom. The quantitative estimate of drug-likeness (QED) is 0.119. The fourth-order valence-corrected chi connectivity index (χ4v) is 7.44. The average molecular weight is 588 g/mol. The van der Waals surface area contributed by atoms with Crippen LogP contribution >= 0.6 is 0 Å². The minimum absolute atomic E-state index is 0.115. The van der Waals surface area contributed by atoms with Gasteiger partial charge in [-0.15, -0.1) is 0 Å². The van der Waals surface area contributed by atoms with Gasteiger partial charge in [0.2, 0.25) is 0 Å². The number of fused-ring (bicyclic) bond motifs is 4. The average Bonchev–Trinajstić information content (AvgIpc) is 3.29. The van der Waals surface area contributed by atoms with E-state index in [2.05, 4.69) is 119 Å². The van der Waals surface area contributed by atoms with Crippen molar-refractivity contribution in [3.8, 4) is 11.1 Å². The van der Waals surface area contributed by atoms with E-state index < -0.39 is 0 Å². The second-order valence-electron chi connectivity index (χ2n) is 14.1. The van der Waals surface area contributed by atoms with E-state index in [-0.39, 0.29) is 5.41 Å². The number of unbranched alkanes of at least 4 members (excludes halogenated alkanes) is 6. The van der Waals surface area contributed by atoms with E-state index >= 15 is 0 Å². The molecule has 0 saturated carbocycles. The fourth-order valence-electron chi connectivity index (χ4n) is 7.44.